The standard InChI is InChI=1S/C69H119NO8/c1-6-8-10-12-14-16-18-20-21-22-23-24-25-26-27-28-29-30-31-32-33-34-35-36-37-38-39-40-41-42-43-44-45-46-47-48-50-52-54-56-58-60-67(72)78-65(64-77-69(68(73)74)75-62-61-70(3,4)5)63-76-66(71)59-57-55-53-51-49-19-17-15-13-11-9-7-2/h8,10,14-17,20-21,23-24,26-27,29-30,32-33,65,69H,6-7,9,11-13,18-19,22,25,28,31,34-64H2,1-5H3/b10-8-,16-14-,17-15-,21-20-,24-23-,27-26-,30-29-,33-32-. The second-order valence-electron chi connectivity index (χ2n) is 22.3. The fourth-order valence-corrected chi connectivity index (χ4v) is 8.69. The van der Waals surface area contributed by atoms with Crippen molar-refractivity contribution in [2.75, 3.05) is 47.5 Å². The Morgan fingerprint density at radius 1 is 0.397 bits per heavy atom. The highest BCUT2D eigenvalue weighted by molar-refractivity contribution is 5.70. The van der Waals surface area contributed by atoms with E-state index >= 15 is 0 Å². The van der Waals surface area contributed by atoms with Crippen LogP contribution < -0.4 is 5.11 Å². The van der Waals surface area contributed by atoms with E-state index in [2.05, 4.69) is 111 Å². The van der Waals surface area contributed by atoms with Gasteiger partial charge in [-0.3, -0.25) is 9.59 Å². The molecular weight excluding hydrogens is 971 g/mol. The Bertz CT molecular complexity index is 1600. The van der Waals surface area contributed by atoms with Crippen LogP contribution >= 0.6 is 0 Å². The summed E-state index contributed by atoms with van der Waals surface area (Å²) in [5.74, 6) is -2.29. The number of carboxylic acid groups (broad SMARTS) is 1. The highest BCUT2D eigenvalue weighted by Crippen LogP contribution is 2.17. The lowest BCUT2D eigenvalue weighted by atomic mass is 10.0. The highest BCUT2D eigenvalue weighted by atomic mass is 16.7. The number of likely N-dealkylation sites (N-methyl/N-ethyl adjacent to an activating group) is 1. The predicted octanol–water partition coefficient (Wildman–Crippen LogP) is 18.0. The normalized spacial score (nSPS) is 13.4. The maximum atomic E-state index is 12.9. The Morgan fingerprint density at radius 2 is 0.731 bits per heavy atom. The van der Waals surface area contributed by atoms with Gasteiger partial charge in [0.2, 0.25) is 0 Å². The topological polar surface area (TPSA) is 111 Å². The van der Waals surface area contributed by atoms with Crippen LogP contribution in [0.5, 0.6) is 0 Å². The first kappa shape index (κ1) is 74.2. The first-order valence-corrected chi connectivity index (χ1v) is 31.9. The summed E-state index contributed by atoms with van der Waals surface area (Å²) in [6.07, 6.45) is 77.8. The molecule has 0 bridgehead atoms. The van der Waals surface area contributed by atoms with Gasteiger partial charge in [0.05, 0.1) is 40.3 Å². The molecule has 0 aliphatic rings. The van der Waals surface area contributed by atoms with Crippen molar-refractivity contribution in [3.8, 4) is 0 Å². The third-order valence-corrected chi connectivity index (χ3v) is 13.6. The Kier molecular flexibility index (Phi) is 56.5. The molecule has 448 valence electrons. The molecule has 0 aliphatic heterocycles. The molecule has 0 aromatic heterocycles. The van der Waals surface area contributed by atoms with Gasteiger partial charge in [-0.1, -0.05) is 252 Å². The van der Waals surface area contributed by atoms with E-state index in [9.17, 15) is 19.5 Å². The van der Waals surface area contributed by atoms with Crippen LogP contribution in [-0.2, 0) is 33.3 Å². The predicted molar refractivity (Wildman–Crippen MR) is 329 cm³/mol. The van der Waals surface area contributed by atoms with Crippen LogP contribution in [0, 0.1) is 0 Å². The maximum absolute atomic E-state index is 12.9. The van der Waals surface area contributed by atoms with E-state index in [4.69, 9.17) is 18.9 Å². The van der Waals surface area contributed by atoms with Crippen molar-refractivity contribution < 1.29 is 42.9 Å². The second kappa shape index (κ2) is 59.3. The zero-order valence-corrected chi connectivity index (χ0v) is 51.0. The first-order valence-electron chi connectivity index (χ1n) is 31.9. The number of esters is 2. The van der Waals surface area contributed by atoms with Crippen molar-refractivity contribution in [3.05, 3.63) is 97.2 Å². The molecule has 0 saturated carbocycles. The average molecular weight is 1090 g/mol. The van der Waals surface area contributed by atoms with Crippen molar-refractivity contribution in [3.63, 3.8) is 0 Å². The fraction of sp³-hybridized carbons (Fsp3) is 0.725. The van der Waals surface area contributed by atoms with E-state index in [-0.39, 0.29) is 38.6 Å². The van der Waals surface area contributed by atoms with Crippen molar-refractivity contribution in [1.29, 1.82) is 0 Å². The molecule has 78 heavy (non-hydrogen) atoms. The van der Waals surface area contributed by atoms with Crippen LogP contribution in [0.3, 0.4) is 0 Å². The lowest BCUT2D eigenvalue weighted by Gasteiger charge is -2.26. The largest absolute Gasteiger partial charge is 0.545 e. The number of rotatable bonds is 58. The molecule has 0 saturated heterocycles. The van der Waals surface area contributed by atoms with Crippen molar-refractivity contribution in [1.82, 2.24) is 0 Å². The number of carboxylic acids is 1. The fourth-order valence-electron chi connectivity index (χ4n) is 8.69. The number of aliphatic carboxylic acids is 1. The Morgan fingerprint density at radius 3 is 1.10 bits per heavy atom. The van der Waals surface area contributed by atoms with Crippen LogP contribution in [0.2, 0.25) is 0 Å². The maximum Gasteiger partial charge on any atom is 0.306 e. The molecule has 0 radical (unpaired) electrons. The zero-order chi connectivity index (χ0) is 56.9. The van der Waals surface area contributed by atoms with Gasteiger partial charge in [-0.2, -0.15) is 0 Å². The number of allylic oxidation sites excluding steroid dienone is 16. The second-order valence-corrected chi connectivity index (χ2v) is 22.3. The minimum Gasteiger partial charge on any atom is -0.545 e. The minimum atomic E-state index is -1.62. The third kappa shape index (κ3) is 59.9. The van der Waals surface area contributed by atoms with E-state index in [1.807, 2.05) is 21.1 Å². The van der Waals surface area contributed by atoms with Crippen LogP contribution in [0.4, 0.5) is 0 Å². The summed E-state index contributed by atoms with van der Waals surface area (Å²) in [6, 6.07) is 0. The number of hydrogen-bond donors (Lipinski definition) is 0. The van der Waals surface area contributed by atoms with E-state index in [1.165, 1.54) is 135 Å². The quantitative estimate of drug-likeness (QED) is 0.0195. The summed E-state index contributed by atoms with van der Waals surface area (Å²) in [6.45, 7) is 4.60. The van der Waals surface area contributed by atoms with E-state index in [0.717, 1.165) is 96.3 Å². The zero-order valence-electron chi connectivity index (χ0n) is 51.0. The molecule has 2 unspecified atom stereocenters. The van der Waals surface area contributed by atoms with Gasteiger partial charge in [0.25, 0.3) is 0 Å². The Labute approximate surface area is 480 Å². The van der Waals surface area contributed by atoms with Crippen LogP contribution in [0.15, 0.2) is 97.2 Å². The molecule has 0 heterocycles. The highest BCUT2D eigenvalue weighted by Gasteiger charge is 2.22. The molecule has 0 rings (SSSR count). The van der Waals surface area contributed by atoms with Gasteiger partial charge in [0.15, 0.2) is 12.4 Å². The van der Waals surface area contributed by atoms with Gasteiger partial charge < -0.3 is 33.3 Å². The summed E-state index contributed by atoms with van der Waals surface area (Å²) in [4.78, 5) is 37.2. The molecule has 0 N–H and O–H groups in total. The smallest absolute Gasteiger partial charge is 0.306 e. The van der Waals surface area contributed by atoms with Gasteiger partial charge >= 0.3 is 11.9 Å². The molecule has 0 spiro atoms. The lowest BCUT2D eigenvalue weighted by molar-refractivity contribution is -0.870. The van der Waals surface area contributed by atoms with Crippen LogP contribution in [0.1, 0.15) is 264 Å². The summed E-state index contributed by atoms with van der Waals surface area (Å²) < 4.78 is 22.7. The summed E-state index contributed by atoms with van der Waals surface area (Å²) >= 11 is 0. The van der Waals surface area contributed by atoms with Gasteiger partial charge in [-0.15, -0.1) is 0 Å². The average Bonchev–Trinajstić information content (AvgIpc) is 3.41. The van der Waals surface area contributed by atoms with Gasteiger partial charge in [0.1, 0.15) is 13.2 Å². The Balaban J connectivity index is 3.97. The Hall–Kier alpha value is -3.79. The van der Waals surface area contributed by atoms with Gasteiger partial charge in [0, 0.05) is 12.8 Å². The lowest BCUT2D eigenvalue weighted by Crippen LogP contribution is -2.44. The van der Waals surface area contributed by atoms with Gasteiger partial charge in [-0.05, 0) is 96.3 Å². The van der Waals surface area contributed by atoms with E-state index in [1.54, 1.807) is 0 Å². The number of carbonyl (C=O) groups excluding carboxylic acids is 3. The number of ether oxygens (including phenoxy) is 4. The molecular formula is C69H119NO8. The molecule has 2 atom stereocenters. The SMILES string of the molecule is CC/C=C\C/C=C\C/C=C\C/C=C\C/C=C\C/C=C\C/C=C\CCCCCCCCCCCCCCCCCCCCCC(=O)OC(COC(=O)CCCCCCC/C=C\CCCCC)COC(OCC[N+](C)(C)C)C(=O)[O-]. The molecule has 9 nitrogen and oxygen atoms in total. The van der Waals surface area contributed by atoms with Crippen molar-refractivity contribution in [2.24, 2.45) is 0 Å². The van der Waals surface area contributed by atoms with Gasteiger partial charge in [-0.25, -0.2) is 0 Å². The van der Waals surface area contributed by atoms with Crippen molar-refractivity contribution in [2.45, 2.75) is 277 Å². The van der Waals surface area contributed by atoms with E-state index in [0.29, 0.717) is 17.4 Å². The number of nitrogens with zero attached hydrogens (tertiary/aromatic N) is 1. The summed E-state index contributed by atoms with van der Waals surface area (Å²) in [7, 11) is 5.92. The molecule has 0 aromatic rings. The first-order chi connectivity index (χ1) is 38.1. The molecule has 0 amide bonds. The molecule has 9 heteroatoms. The monoisotopic (exact) mass is 1090 g/mol. The number of unbranched alkanes of at least 4 members (excludes halogenated alkanes) is 27. The molecule has 0 aliphatic carbocycles. The number of quaternary nitrogens is 1. The summed E-state index contributed by atoms with van der Waals surface area (Å²) in [5.41, 5.74) is 0. The number of carbonyl (C=O) groups is 3. The van der Waals surface area contributed by atoms with Crippen LogP contribution in [0.25, 0.3) is 0 Å². The van der Waals surface area contributed by atoms with Crippen LogP contribution in [-0.4, -0.2) is 82.3 Å². The molecule has 0 aromatic carbocycles. The van der Waals surface area contributed by atoms with Crippen molar-refractivity contribution >= 4 is 17.9 Å². The third-order valence-electron chi connectivity index (χ3n) is 13.6. The number of hydrogen-bond acceptors (Lipinski definition) is 8. The summed E-state index contributed by atoms with van der Waals surface area (Å²) in [5, 5.41) is 11.8. The minimum absolute atomic E-state index is 0.145. The van der Waals surface area contributed by atoms with E-state index < -0.39 is 24.3 Å². The molecule has 0 fully saturated rings.